The summed E-state index contributed by atoms with van der Waals surface area (Å²) in [7, 11) is 0. The lowest BCUT2D eigenvalue weighted by molar-refractivity contribution is -0.118. The lowest BCUT2D eigenvalue weighted by atomic mass is 10.1. The topological polar surface area (TPSA) is 78.9 Å². The molecule has 0 saturated carbocycles. The molecule has 1 rings (SSSR count). The quantitative estimate of drug-likeness (QED) is 0.753. The van der Waals surface area contributed by atoms with E-state index < -0.39 is 0 Å². The molecule has 0 aliphatic heterocycles. The van der Waals surface area contributed by atoms with E-state index in [1.807, 2.05) is 12.1 Å². The average Bonchev–Trinajstić information content (AvgIpc) is 2.30. The first-order valence-electron chi connectivity index (χ1n) is 5.31. The van der Waals surface area contributed by atoms with E-state index in [0.29, 0.717) is 36.5 Å². The molecule has 0 aliphatic carbocycles. The zero-order valence-corrected chi connectivity index (χ0v) is 10.1. The predicted molar refractivity (Wildman–Crippen MR) is 66.3 cm³/mol. The highest BCUT2D eigenvalue weighted by atomic mass is 35.5. The fourth-order valence-corrected chi connectivity index (χ4v) is 1.62. The first-order chi connectivity index (χ1) is 8.13. The first kappa shape index (κ1) is 13.5. The number of amides is 1. The second-order valence-electron chi connectivity index (χ2n) is 3.66. The third kappa shape index (κ3) is 4.85. The number of nitrogens with two attached hydrogens (primary N) is 1. The molecular formula is C12H14ClN3O. The summed E-state index contributed by atoms with van der Waals surface area (Å²) in [5.41, 5.74) is 6.51. The number of nitrogens with one attached hydrogen (secondary N) is 1. The van der Waals surface area contributed by atoms with Crippen LogP contribution in [0.1, 0.15) is 24.0 Å². The summed E-state index contributed by atoms with van der Waals surface area (Å²) < 4.78 is 0. The Hall–Kier alpha value is -1.57. The van der Waals surface area contributed by atoms with Crippen molar-refractivity contribution in [2.45, 2.75) is 19.4 Å². The van der Waals surface area contributed by atoms with Gasteiger partial charge < -0.3 is 11.1 Å². The van der Waals surface area contributed by atoms with Crippen LogP contribution in [0.3, 0.4) is 0 Å². The van der Waals surface area contributed by atoms with Crippen molar-refractivity contribution in [3.05, 3.63) is 34.3 Å². The van der Waals surface area contributed by atoms with Crippen LogP contribution in [0.2, 0.25) is 5.02 Å². The molecule has 0 fully saturated rings. The van der Waals surface area contributed by atoms with E-state index in [0.717, 1.165) is 5.56 Å². The monoisotopic (exact) mass is 251 g/mol. The van der Waals surface area contributed by atoms with Gasteiger partial charge in [0.2, 0.25) is 5.91 Å². The zero-order chi connectivity index (χ0) is 12.7. The van der Waals surface area contributed by atoms with E-state index in [2.05, 4.69) is 5.32 Å². The van der Waals surface area contributed by atoms with Crippen LogP contribution in [-0.4, -0.2) is 12.5 Å². The Morgan fingerprint density at radius 1 is 1.53 bits per heavy atom. The van der Waals surface area contributed by atoms with Crippen molar-refractivity contribution < 1.29 is 4.79 Å². The number of hydrogen-bond acceptors (Lipinski definition) is 3. The predicted octanol–water partition coefficient (Wildman–Crippen LogP) is 1.57. The summed E-state index contributed by atoms with van der Waals surface area (Å²) >= 11 is 6.01. The second-order valence-corrected chi connectivity index (χ2v) is 4.07. The molecular weight excluding hydrogens is 238 g/mol. The zero-order valence-electron chi connectivity index (χ0n) is 9.37. The van der Waals surface area contributed by atoms with E-state index in [1.54, 1.807) is 12.1 Å². The van der Waals surface area contributed by atoms with Gasteiger partial charge in [0.1, 0.15) is 0 Å². The number of primary amides is 1. The summed E-state index contributed by atoms with van der Waals surface area (Å²) in [6.45, 7) is 1.32. The number of rotatable bonds is 6. The van der Waals surface area contributed by atoms with Crippen molar-refractivity contribution in [2.24, 2.45) is 5.73 Å². The van der Waals surface area contributed by atoms with E-state index in [4.69, 9.17) is 22.6 Å². The molecule has 0 aliphatic rings. The van der Waals surface area contributed by atoms with Crippen LogP contribution in [0.4, 0.5) is 0 Å². The molecule has 1 aromatic carbocycles. The maximum atomic E-state index is 10.5. The Morgan fingerprint density at radius 3 is 2.88 bits per heavy atom. The standard InChI is InChI=1S/C12H14ClN3O/c13-11-6-9(7-14)3-4-10(11)8-16-5-1-2-12(15)17/h3-4,6,16H,1-2,5,8H2,(H2,15,17). The van der Waals surface area contributed by atoms with Crippen molar-refractivity contribution in [1.82, 2.24) is 5.32 Å². The van der Waals surface area contributed by atoms with Crippen LogP contribution in [0.25, 0.3) is 0 Å². The molecule has 4 nitrogen and oxygen atoms in total. The minimum absolute atomic E-state index is 0.289. The van der Waals surface area contributed by atoms with E-state index in [1.165, 1.54) is 0 Å². The van der Waals surface area contributed by atoms with Crippen molar-refractivity contribution in [1.29, 1.82) is 5.26 Å². The molecule has 0 aromatic heterocycles. The third-order valence-corrected chi connectivity index (χ3v) is 2.63. The number of carbonyl (C=O) groups is 1. The molecule has 3 N–H and O–H groups in total. The number of nitrogens with zero attached hydrogens (tertiary/aromatic N) is 1. The Labute approximate surface area is 105 Å². The van der Waals surface area contributed by atoms with Gasteiger partial charge in [-0.2, -0.15) is 5.26 Å². The van der Waals surface area contributed by atoms with Crippen LogP contribution >= 0.6 is 11.6 Å². The summed E-state index contributed by atoms with van der Waals surface area (Å²) in [6, 6.07) is 7.22. The third-order valence-electron chi connectivity index (χ3n) is 2.27. The van der Waals surface area contributed by atoms with Crippen molar-refractivity contribution >= 4 is 17.5 Å². The van der Waals surface area contributed by atoms with E-state index in [9.17, 15) is 4.79 Å². The Morgan fingerprint density at radius 2 is 2.29 bits per heavy atom. The number of benzene rings is 1. The molecule has 1 amide bonds. The molecule has 0 saturated heterocycles. The van der Waals surface area contributed by atoms with E-state index >= 15 is 0 Å². The number of carbonyl (C=O) groups excluding carboxylic acids is 1. The van der Waals surface area contributed by atoms with E-state index in [-0.39, 0.29) is 5.91 Å². The molecule has 5 heteroatoms. The molecule has 0 atom stereocenters. The highest BCUT2D eigenvalue weighted by molar-refractivity contribution is 6.31. The maximum Gasteiger partial charge on any atom is 0.217 e. The summed E-state index contributed by atoms with van der Waals surface area (Å²) in [5.74, 6) is -0.289. The lowest BCUT2D eigenvalue weighted by Gasteiger charge is -2.06. The second kappa shape index (κ2) is 6.89. The van der Waals surface area contributed by atoms with Crippen LogP contribution < -0.4 is 11.1 Å². The van der Waals surface area contributed by atoms with Crippen molar-refractivity contribution in [3.63, 3.8) is 0 Å². The molecule has 90 valence electrons. The first-order valence-corrected chi connectivity index (χ1v) is 5.69. The summed E-state index contributed by atoms with van der Waals surface area (Å²) in [4.78, 5) is 10.5. The molecule has 0 heterocycles. The van der Waals surface area contributed by atoms with Crippen LogP contribution in [0, 0.1) is 11.3 Å². The highest BCUT2D eigenvalue weighted by Gasteiger charge is 2.01. The molecule has 0 spiro atoms. The van der Waals surface area contributed by atoms with Gasteiger partial charge in [0.25, 0.3) is 0 Å². The maximum absolute atomic E-state index is 10.5. The largest absolute Gasteiger partial charge is 0.370 e. The molecule has 0 unspecified atom stereocenters. The fraction of sp³-hybridized carbons (Fsp3) is 0.333. The number of hydrogen-bond donors (Lipinski definition) is 2. The Balaban J connectivity index is 2.37. The smallest absolute Gasteiger partial charge is 0.217 e. The van der Waals surface area contributed by atoms with Gasteiger partial charge in [-0.05, 0) is 30.7 Å². The molecule has 1 aromatic rings. The molecule has 0 bridgehead atoms. The minimum Gasteiger partial charge on any atom is -0.370 e. The summed E-state index contributed by atoms with van der Waals surface area (Å²) in [5, 5.41) is 12.4. The normalized spacial score (nSPS) is 9.88. The number of halogens is 1. The Bertz CT molecular complexity index is 440. The van der Waals surface area contributed by atoms with Gasteiger partial charge in [0.15, 0.2) is 0 Å². The summed E-state index contributed by atoms with van der Waals surface area (Å²) in [6.07, 6.45) is 1.09. The van der Waals surface area contributed by atoms with Gasteiger partial charge in [-0.15, -0.1) is 0 Å². The van der Waals surface area contributed by atoms with Crippen molar-refractivity contribution in [2.75, 3.05) is 6.54 Å². The van der Waals surface area contributed by atoms with Crippen molar-refractivity contribution in [3.8, 4) is 6.07 Å². The van der Waals surface area contributed by atoms with Crippen LogP contribution in [0.15, 0.2) is 18.2 Å². The molecule has 17 heavy (non-hydrogen) atoms. The highest BCUT2D eigenvalue weighted by Crippen LogP contribution is 2.17. The van der Waals surface area contributed by atoms with Gasteiger partial charge in [0.05, 0.1) is 11.6 Å². The van der Waals surface area contributed by atoms with Crippen LogP contribution in [-0.2, 0) is 11.3 Å². The minimum atomic E-state index is -0.289. The molecule has 0 radical (unpaired) electrons. The van der Waals surface area contributed by atoms with Gasteiger partial charge in [-0.1, -0.05) is 17.7 Å². The van der Waals surface area contributed by atoms with Gasteiger partial charge in [0, 0.05) is 18.0 Å². The number of nitriles is 1. The van der Waals surface area contributed by atoms with Gasteiger partial charge in [-0.25, -0.2) is 0 Å². The van der Waals surface area contributed by atoms with Gasteiger partial charge >= 0.3 is 0 Å². The van der Waals surface area contributed by atoms with Gasteiger partial charge in [-0.3, -0.25) is 4.79 Å². The SMILES string of the molecule is N#Cc1ccc(CNCCCC(N)=O)c(Cl)c1. The lowest BCUT2D eigenvalue weighted by Crippen LogP contribution is -2.18. The van der Waals surface area contributed by atoms with Crippen LogP contribution in [0.5, 0.6) is 0 Å². The average molecular weight is 252 g/mol. The fourth-order valence-electron chi connectivity index (χ4n) is 1.37. The Kier molecular flexibility index (Phi) is 5.47.